The van der Waals surface area contributed by atoms with Gasteiger partial charge in [-0.1, -0.05) is 11.6 Å². The maximum atomic E-state index is 10.1. The lowest BCUT2D eigenvalue weighted by Gasteiger charge is -2.32. The molecule has 214 valence electrons. The highest BCUT2D eigenvalue weighted by molar-refractivity contribution is 6.35. The van der Waals surface area contributed by atoms with E-state index in [0.29, 0.717) is 69.8 Å². The molecule has 4 heterocycles. The van der Waals surface area contributed by atoms with Gasteiger partial charge >= 0.3 is 0 Å². The van der Waals surface area contributed by atoms with Gasteiger partial charge in [0, 0.05) is 69.3 Å². The number of aromatic nitrogens is 1. The molecule has 2 aromatic carbocycles. The molecule has 9 nitrogen and oxygen atoms in total. The van der Waals surface area contributed by atoms with E-state index in [1.807, 2.05) is 30.3 Å². The molecule has 0 saturated carbocycles. The van der Waals surface area contributed by atoms with Crippen LogP contribution in [-0.4, -0.2) is 80.5 Å². The molecule has 0 bridgehead atoms. The van der Waals surface area contributed by atoms with Gasteiger partial charge in [0.05, 0.1) is 53.3 Å². The van der Waals surface area contributed by atoms with Crippen molar-refractivity contribution in [3.8, 4) is 17.6 Å². The fourth-order valence-corrected chi connectivity index (χ4v) is 5.62. The molecule has 2 aromatic heterocycles. The van der Waals surface area contributed by atoms with E-state index in [2.05, 4.69) is 33.2 Å². The Balaban J connectivity index is 1.32. The summed E-state index contributed by atoms with van der Waals surface area (Å²) in [6.45, 7) is 7.27. The van der Waals surface area contributed by atoms with Gasteiger partial charge in [-0.05, 0) is 31.7 Å². The van der Waals surface area contributed by atoms with Crippen molar-refractivity contribution in [3.63, 3.8) is 0 Å². The Morgan fingerprint density at radius 3 is 2.76 bits per heavy atom. The number of piperazine rings is 1. The summed E-state index contributed by atoms with van der Waals surface area (Å²) in [5.74, 6) is 1.30. The van der Waals surface area contributed by atoms with Crippen LogP contribution in [0.2, 0.25) is 5.02 Å². The zero-order valence-electron chi connectivity index (χ0n) is 23.2. The van der Waals surface area contributed by atoms with Crippen LogP contribution in [-0.2, 0) is 4.74 Å². The van der Waals surface area contributed by atoms with Crippen LogP contribution in [0.25, 0.3) is 21.9 Å². The van der Waals surface area contributed by atoms with E-state index in [0.717, 1.165) is 57.4 Å². The Bertz CT molecular complexity index is 1550. The molecule has 0 amide bonds. The fraction of sp³-hybridized carbons (Fsp3) is 0.419. The lowest BCUT2D eigenvalue weighted by Crippen LogP contribution is -2.44. The van der Waals surface area contributed by atoms with Crippen molar-refractivity contribution in [1.29, 1.82) is 5.26 Å². The second-order valence-electron chi connectivity index (χ2n) is 10.6. The number of ether oxygens (including phenoxy) is 3. The zero-order chi connectivity index (χ0) is 28.2. The summed E-state index contributed by atoms with van der Waals surface area (Å²) in [7, 11) is 2.17. The third-order valence-corrected chi connectivity index (χ3v) is 8.11. The van der Waals surface area contributed by atoms with E-state index in [1.165, 1.54) is 0 Å². The molecule has 0 atom stereocenters. The van der Waals surface area contributed by atoms with Gasteiger partial charge in [0.15, 0.2) is 5.58 Å². The molecule has 0 aliphatic carbocycles. The number of pyridine rings is 1. The van der Waals surface area contributed by atoms with Gasteiger partial charge in [-0.3, -0.25) is 4.98 Å². The van der Waals surface area contributed by atoms with Gasteiger partial charge in [0.1, 0.15) is 29.4 Å². The number of hydrogen-bond donors (Lipinski definition) is 1. The summed E-state index contributed by atoms with van der Waals surface area (Å²) in [5, 5.41) is 15.5. The van der Waals surface area contributed by atoms with Crippen molar-refractivity contribution in [2.45, 2.75) is 25.4 Å². The molecule has 41 heavy (non-hydrogen) atoms. The molecule has 1 N–H and O–H groups in total. The second-order valence-corrected chi connectivity index (χ2v) is 11.0. The van der Waals surface area contributed by atoms with Crippen LogP contribution >= 0.6 is 11.6 Å². The van der Waals surface area contributed by atoms with Crippen molar-refractivity contribution >= 4 is 44.8 Å². The monoisotopic (exact) mass is 575 g/mol. The molecule has 2 aliphatic rings. The van der Waals surface area contributed by atoms with E-state index in [9.17, 15) is 5.26 Å². The summed E-state index contributed by atoms with van der Waals surface area (Å²) in [5.41, 5.74) is 2.78. The number of anilines is 2. The van der Waals surface area contributed by atoms with E-state index in [-0.39, 0.29) is 6.10 Å². The largest absolute Gasteiger partial charge is 0.493 e. The molecule has 4 aromatic rings. The molecule has 2 fully saturated rings. The Morgan fingerprint density at radius 1 is 1.12 bits per heavy atom. The number of nitriles is 1. The third-order valence-electron chi connectivity index (χ3n) is 7.79. The van der Waals surface area contributed by atoms with Crippen molar-refractivity contribution in [3.05, 3.63) is 53.4 Å². The van der Waals surface area contributed by atoms with Crippen LogP contribution in [0, 0.1) is 11.3 Å². The minimum Gasteiger partial charge on any atom is -0.493 e. The standard InChI is InChI=1S/C31H34ClN5O4/c1-36-9-11-37(12-10-36)8-2-13-39-24-17-26-28(27(18-24)41-23-6-14-38-15-7-23)29(22(19-33)20-34-26)35-30-25(32)4-3-21-5-16-40-31(21)30/h3-5,16-18,20,23H,2,6-15H2,1H3,(H,34,35). The molecular formula is C31H34ClN5O4. The Morgan fingerprint density at radius 2 is 1.95 bits per heavy atom. The van der Waals surface area contributed by atoms with Crippen LogP contribution in [0.3, 0.4) is 0 Å². The first-order valence-corrected chi connectivity index (χ1v) is 14.5. The van der Waals surface area contributed by atoms with Crippen molar-refractivity contribution in [1.82, 2.24) is 14.8 Å². The lowest BCUT2D eigenvalue weighted by molar-refractivity contribution is 0.0261. The first-order chi connectivity index (χ1) is 20.1. The Kier molecular flexibility index (Phi) is 8.44. The van der Waals surface area contributed by atoms with E-state index < -0.39 is 0 Å². The predicted molar refractivity (Wildman–Crippen MR) is 159 cm³/mol. The van der Waals surface area contributed by atoms with Crippen LogP contribution in [0.1, 0.15) is 24.8 Å². The van der Waals surface area contributed by atoms with Gasteiger partial charge in [-0.15, -0.1) is 0 Å². The number of likely N-dealkylation sites (N-methyl/N-ethyl adjacent to an activating group) is 1. The molecule has 2 aliphatic heterocycles. The van der Waals surface area contributed by atoms with Gasteiger partial charge in [0.2, 0.25) is 0 Å². The molecule has 10 heteroatoms. The van der Waals surface area contributed by atoms with E-state index in [4.69, 9.17) is 30.2 Å². The summed E-state index contributed by atoms with van der Waals surface area (Å²) in [6.07, 6.45) is 5.66. The van der Waals surface area contributed by atoms with Crippen molar-refractivity contribution in [2.24, 2.45) is 0 Å². The Hall–Kier alpha value is -3.55. The highest BCUT2D eigenvalue weighted by atomic mass is 35.5. The van der Waals surface area contributed by atoms with Gasteiger partial charge in [0.25, 0.3) is 0 Å². The van der Waals surface area contributed by atoms with E-state index >= 15 is 0 Å². The number of nitrogens with zero attached hydrogens (tertiary/aromatic N) is 4. The summed E-state index contributed by atoms with van der Waals surface area (Å²) in [4.78, 5) is 9.48. The van der Waals surface area contributed by atoms with Crippen molar-refractivity contribution in [2.75, 3.05) is 64.9 Å². The predicted octanol–water partition coefficient (Wildman–Crippen LogP) is 5.82. The third kappa shape index (κ3) is 6.21. The van der Waals surface area contributed by atoms with Gasteiger partial charge in [-0.2, -0.15) is 5.26 Å². The summed E-state index contributed by atoms with van der Waals surface area (Å²) in [6, 6.07) is 11.7. The minimum atomic E-state index is -0.0184. The maximum Gasteiger partial charge on any atom is 0.158 e. The topological polar surface area (TPSA) is 96.0 Å². The molecular weight excluding hydrogens is 542 g/mol. The SMILES string of the molecule is CN1CCN(CCCOc2cc(OC3CCOCC3)c3c(Nc4c(Cl)ccc5ccoc45)c(C#N)cnc3c2)CC1. The normalized spacial score (nSPS) is 17.1. The highest BCUT2D eigenvalue weighted by Crippen LogP contribution is 2.42. The van der Waals surface area contributed by atoms with Crippen LogP contribution in [0.4, 0.5) is 11.4 Å². The first kappa shape index (κ1) is 27.6. The number of fused-ring (bicyclic) bond motifs is 2. The van der Waals surface area contributed by atoms with Crippen molar-refractivity contribution < 1.29 is 18.6 Å². The second kappa shape index (κ2) is 12.5. The van der Waals surface area contributed by atoms with Gasteiger partial charge < -0.3 is 33.7 Å². The lowest BCUT2D eigenvalue weighted by atomic mass is 10.1. The van der Waals surface area contributed by atoms with Crippen LogP contribution in [0.15, 0.2) is 47.2 Å². The first-order valence-electron chi connectivity index (χ1n) is 14.2. The molecule has 0 radical (unpaired) electrons. The van der Waals surface area contributed by atoms with Crippen LogP contribution < -0.4 is 14.8 Å². The number of benzene rings is 2. The number of halogens is 1. The molecule has 6 rings (SSSR count). The molecule has 0 unspecified atom stereocenters. The van der Waals surface area contributed by atoms with E-state index in [1.54, 1.807) is 12.5 Å². The average molecular weight is 576 g/mol. The molecule has 2 saturated heterocycles. The maximum absolute atomic E-state index is 10.1. The number of nitrogens with one attached hydrogen (secondary N) is 1. The minimum absolute atomic E-state index is 0.0184. The number of furan rings is 1. The molecule has 0 spiro atoms. The summed E-state index contributed by atoms with van der Waals surface area (Å²) < 4.78 is 24.1. The van der Waals surface area contributed by atoms with Gasteiger partial charge in [-0.25, -0.2) is 0 Å². The Labute approximate surface area is 244 Å². The average Bonchev–Trinajstić information content (AvgIpc) is 3.47. The smallest absolute Gasteiger partial charge is 0.158 e. The number of rotatable bonds is 9. The number of hydrogen-bond acceptors (Lipinski definition) is 9. The van der Waals surface area contributed by atoms with Crippen LogP contribution in [0.5, 0.6) is 11.5 Å². The zero-order valence-corrected chi connectivity index (χ0v) is 24.0. The summed E-state index contributed by atoms with van der Waals surface area (Å²) >= 11 is 6.62. The highest BCUT2D eigenvalue weighted by Gasteiger charge is 2.22. The quantitative estimate of drug-likeness (QED) is 0.247. The fourth-order valence-electron chi connectivity index (χ4n) is 5.43.